The minimum Gasteiger partial charge on any atom is -0.493 e. The van der Waals surface area contributed by atoms with Crippen molar-refractivity contribution in [1.82, 2.24) is 10.4 Å². The zero-order valence-electron chi connectivity index (χ0n) is 22.0. The van der Waals surface area contributed by atoms with Gasteiger partial charge in [-0.05, 0) is 71.6 Å². The van der Waals surface area contributed by atoms with E-state index in [0.29, 0.717) is 28.6 Å². The average molecular weight is 547 g/mol. The van der Waals surface area contributed by atoms with Crippen molar-refractivity contribution < 1.29 is 19.1 Å². The lowest BCUT2D eigenvalue weighted by molar-refractivity contribution is -0.123. The maximum absolute atomic E-state index is 13.0. The summed E-state index contributed by atoms with van der Waals surface area (Å²) in [6.07, 6.45) is 1.72. The van der Waals surface area contributed by atoms with E-state index in [2.05, 4.69) is 50.5 Å². The fraction of sp³-hybridized carbons (Fsp3) is 0.233. The summed E-state index contributed by atoms with van der Waals surface area (Å²) in [6.45, 7) is 8.90. The topological polar surface area (TPSA) is 67.9 Å². The molecule has 1 aliphatic heterocycles. The van der Waals surface area contributed by atoms with Gasteiger partial charge < -0.3 is 9.47 Å². The average Bonchev–Trinajstić information content (AvgIpc) is 3.15. The molecule has 0 atom stereocenters. The van der Waals surface area contributed by atoms with Crippen molar-refractivity contribution in [3.8, 4) is 11.5 Å². The van der Waals surface area contributed by atoms with Crippen molar-refractivity contribution >= 4 is 46.2 Å². The van der Waals surface area contributed by atoms with Gasteiger partial charge in [0.2, 0.25) is 0 Å². The molecule has 3 aromatic carbocycles. The first-order chi connectivity index (χ1) is 18.0. The van der Waals surface area contributed by atoms with Crippen LogP contribution < -0.4 is 14.9 Å². The third-order valence-electron chi connectivity index (χ3n) is 6.02. The highest BCUT2D eigenvalue weighted by Crippen LogP contribution is 2.34. The summed E-state index contributed by atoms with van der Waals surface area (Å²) in [6, 6.07) is 20.9. The molecule has 1 N–H and O–H groups in total. The van der Waals surface area contributed by atoms with Gasteiger partial charge in [0.15, 0.2) is 15.8 Å². The highest BCUT2D eigenvalue weighted by Gasteiger charge is 2.33. The zero-order chi connectivity index (χ0) is 27.4. The van der Waals surface area contributed by atoms with Crippen molar-refractivity contribution in [2.75, 3.05) is 7.11 Å². The number of hydrogen-bond acceptors (Lipinski definition) is 6. The lowest BCUT2D eigenvalue weighted by atomic mass is 9.87. The third kappa shape index (κ3) is 6.44. The third-order valence-corrected chi connectivity index (χ3v) is 7.32. The van der Waals surface area contributed by atoms with Gasteiger partial charge in [0.1, 0.15) is 6.61 Å². The maximum Gasteiger partial charge on any atom is 0.285 e. The summed E-state index contributed by atoms with van der Waals surface area (Å²) in [5, 5.41) is 1.10. The second kappa shape index (κ2) is 11.4. The van der Waals surface area contributed by atoms with E-state index in [1.165, 1.54) is 5.56 Å². The van der Waals surface area contributed by atoms with Crippen LogP contribution in [0.15, 0.2) is 71.6 Å². The van der Waals surface area contributed by atoms with Crippen LogP contribution in [0.2, 0.25) is 0 Å². The molecule has 6 nitrogen and oxygen atoms in total. The van der Waals surface area contributed by atoms with Crippen LogP contribution in [0.5, 0.6) is 11.5 Å². The lowest BCUT2D eigenvalue weighted by Crippen LogP contribution is -2.44. The summed E-state index contributed by atoms with van der Waals surface area (Å²) in [7, 11) is 1.57. The number of carbonyl (C=O) groups is 2. The molecule has 196 valence electrons. The molecule has 0 bridgehead atoms. The van der Waals surface area contributed by atoms with Crippen LogP contribution in [0.4, 0.5) is 0 Å². The van der Waals surface area contributed by atoms with Gasteiger partial charge in [0, 0.05) is 5.56 Å². The normalized spacial score (nSPS) is 14.7. The fourth-order valence-electron chi connectivity index (χ4n) is 3.74. The van der Waals surface area contributed by atoms with Crippen LogP contribution in [0.3, 0.4) is 0 Å². The molecule has 1 aliphatic rings. The Morgan fingerprint density at radius 2 is 1.71 bits per heavy atom. The number of nitrogens with one attached hydrogen (secondary N) is 1. The van der Waals surface area contributed by atoms with E-state index in [0.717, 1.165) is 33.5 Å². The first kappa shape index (κ1) is 27.4. The SMILES string of the molecule is COc1cc(/C=C2/SC(=S)N(NC(=O)c3ccc(C)cc3)C2=O)ccc1OCc1ccc(C(C)(C)C)cc1. The van der Waals surface area contributed by atoms with Crippen LogP contribution in [0.1, 0.15) is 53.4 Å². The van der Waals surface area contributed by atoms with E-state index in [1.807, 2.05) is 31.2 Å². The van der Waals surface area contributed by atoms with Gasteiger partial charge in [-0.2, -0.15) is 5.01 Å². The summed E-state index contributed by atoms with van der Waals surface area (Å²) >= 11 is 6.47. The van der Waals surface area contributed by atoms with Crippen molar-refractivity contribution in [3.63, 3.8) is 0 Å². The molecule has 0 saturated carbocycles. The molecule has 0 radical (unpaired) electrons. The minimum atomic E-state index is -0.404. The summed E-state index contributed by atoms with van der Waals surface area (Å²) < 4.78 is 11.8. The Bertz CT molecular complexity index is 1390. The molecule has 0 unspecified atom stereocenters. The number of thiocarbonyl (C=S) groups is 1. The number of ether oxygens (including phenoxy) is 2. The predicted octanol–water partition coefficient (Wildman–Crippen LogP) is 6.43. The summed E-state index contributed by atoms with van der Waals surface area (Å²) in [4.78, 5) is 26.0. The molecule has 8 heteroatoms. The van der Waals surface area contributed by atoms with Gasteiger partial charge in [-0.15, -0.1) is 0 Å². The highest BCUT2D eigenvalue weighted by molar-refractivity contribution is 8.26. The quantitative estimate of drug-likeness (QED) is 0.272. The maximum atomic E-state index is 13.0. The number of amides is 2. The minimum absolute atomic E-state index is 0.0966. The molecule has 3 aromatic rings. The number of hydrogen-bond donors (Lipinski definition) is 1. The molecule has 0 spiro atoms. The number of hydrazine groups is 1. The Hall–Kier alpha value is -3.62. The van der Waals surface area contributed by atoms with Gasteiger partial charge in [-0.1, -0.05) is 80.6 Å². The van der Waals surface area contributed by atoms with Crippen LogP contribution in [0, 0.1) is 6.92 Å². The molecule has 0 aromatic heterocycles. The molecule has 1 saturated heterocycles. The second-order valence-corrected chi connectivity index (χ2v) is 11.6. The Morgan fingerprint density at radius 1 is 1.03 bits per heavy atom. The fourth-order valence-corrected chi connectivity index (χ4v) is 4.92. The van der Waals surface area contributed by atoms with E-state index in [-0.39, 0.29) is 9.74 Å². The van der Waals surface area contributed by atoms with Gasteiger partial charge >= 0.3 is 0 Å². The first-order valence-corrected chi connectivity index (χ1v) is 13.3. The van der Waals surface area contributed by atoms with Crippen LogP contribution in [-0.2, 0) is 16.8 Å². The van der Waals surface area contributed by atoms with E-state index in [9.17, 15) is 9.59 Å². The summed E-state index contributed by atoms with van der Waals surface area (Å²) in [5.41, 5.74) is 7.25. The largest absolute Gasteiger partial charge is 0.493 e. The molecule has 1 heterocycles. The van der Waals surface area contributed by atoms with Crippen LogP contribution in [0.25, 0.3) is 6.08 Å². The van der Waals surface area contributed by atoms with Gasteiger partial charge in [-0.25, -0.2) is 0 Å². The van der Waals surface area contributed by atoms with Crippen molar-refractivity contribution in [3.05, 3.63) is 99.5 Å². The molecular formula is C30H30N2O4S2. The predicted molar refractivity (Wildman–Crippen MR) is 156 cm³/mol. The Morgan fingerprint density at radius 3 is 2.34 bits per heavy atom. The number of benzene rings is 3. The Kier molecular flexibility index (Phi) is 8.23. The molecule has 0 aliphatic carbocycles. The number of aryl methyl sites for hydroxylation is 1. The highest BCUT2D eigenvalue weighted by atomic mass is 32.2. The van der Waals surface area contributed by atoms with Crippen molar-refractivity contribution in [2.45, 2.75) is 39.7 Å². The van der Waals surface area contributed by atoms with E-state index in [1.54, 1.807) is 31.4 Å². The monoisotopic (exact) mass is 546 g/mol. The lowest BCUT2D eigenvalue weighted by Gasteiger charge is -2.19. The number of nitrogens with zero attached hydrogens (tertiary/aromatic N) is 1. The van der Waals surface area contributed by atoms with E-state index < -0.39 is 11.8 Å². The van der Waals surface area contributed by atoms with Crippen LogP contribution in [-0.4, -0.2) is 28.3 Å². The van der Waals surface area contributed by atoms with Gasteiger partial charge in [0.25, 0.3) is 11.8 Å². The number of rotatable bonds is 7. The molecular weight excluding hydrogens is 516 g/mol. The first-order valence-electron chi connectivity index (χ1n) is 12.1. The molecule has 1 fully saturated rings. The van der Waals surface area contributed by atoms with Crippen molar-refractivity contribution in [2.24, 2.45) is 0 Å². The molecule has 38 heavy (non-hydrogen) atoms. The van der Waals surface area contributed by atoms with Gasteiger partial charge in [-0.3, -0.25) is 15.0 Å². The van der Waals surface area contributed by atoms with E-state index >= 15 is 0 Å². The molecule has 4 rings (SSSR count). The Labute approximate surface area is 233 Å². The van der Waals surface area contributed by atoms with Gasteiger partial charge in [0.05, 0.1) is 12.0 Å². The second-order valence-electron chi connectivity index (χ2n) is 9.97. The Balaban J connectivity index is 1.44. The number of methoxy groups -OCH3 is 1. The number of thioether (sulfide) groups is 1. The zero-order valence-corrected chi connectivity index (χ0v) is 23.7. The smallest absolute Gasteiger partial charge is 0.285 e. The van der Waals surface area contributed by atoms with E-state index in [4.69, 9.17) is 21.7 Å². The van der Waals surface area contributed by atoms with Crippen molar-refractivity contribution in [1.29, 1.82) is 0 Å². The number of carbonyl (C=O) groups excluding carboxylic acids is 2. The standard InChI is InChI=1S/C30H30N2O4S2/c1-19-6-11-22(12-7-19)27(33)31-32-28(34)26(38-29(32)37)17-21-10-15-24(25(16-21)35-5)36-18-20-8-13-23(14-9-20)30(2,3)4/h6-17H,18H2,1-5H3,(H,31,33)/b26-17+. The summed E-state index contributed by atoms with van der Waals surface area (Å²) in [5.74, 6) is 0.355. The van der Waals surface area contributed by atoms with Crippen LogP contribution >= 0.6 is 24.0 Å². The molecule has 2 amide bonds.